The van der Waals surface area contributed by atoms with Crippen LogP contribution >= 0.6 is 15.9 Å². The maximum absolute atomic E-state index is 11.6. The van der Waals surface area contributed by atoms with Gasteiger partial charge in [-0.05, 0) is 15.9 Å². The molecule has 0 saturated heterocycles. The number of anilines is 1. The number of carbonyl (C=O) groups excluding carboxylic acids is 2. The average Bonchev–Trinajstić information content (AvgIpc) is 2.54. The van der Waals surface area contributed by atoms with Crippen LogP contribution in [0.5, 0.6) is 0 Å². The largest absolute Gasteiger partial charge is 0.433 e. The van der Waals surface area contributed by atoms with E-state index in [0.29, 0.717) is 16.1 Å². The minimum absolute atomic E-state index is 0.0610. The van der Waals surface area contributed by atoms with Crippen molar-refractivity contribution in [3.05, 3.63) is 15.8 Å². The van der Waals surface area contributed by atoms with Gasteiger partial charge in [0.25, 0.3) is 5.91 Å². The van der Waals surface area contributed by atoms with Gasteiger partial charge in [0.05, 0.1) is 6.42 Å². The van der Waals surface area contributed by atoms with E-state index in [1.807, 2.05) is 0 Å². The Morgan fingerprint density at radius 3 is 2.50 bits per heavy atom. The summed E-state index contributed by atoms with van der Waals surface area (Å²) in [6, 6.07) is 0. The molecule has 16 heavy (non-hydrogen) atoms. The third-order valence-corrected chi connectivity index (χ3v) is 2.63. The molecule has 0 atom stereocenters. The van der Waals surface area contributed by atoms with Crippen LogP contribution in [0.25, 0.3) is 0 Å². The SMILES string of the molecule is CNC(=O)c1c(NC)oc(Br)c1CC(N)=O. The third kappa shape index (κ3) is 2.35. The van der Waals surface area contributed by atoms with Crippen LogP contribution in [0.2, 0.25) is 0 Å². The van der Waals surface area contributed by atoms with Crippen LogP contribution in [0.4, 0.5) is 5.88 Å². The molecule has 1 rings (SSSR count). The summed E-state index contributed by atoms with van der Waals surface area (Å²) in [6.45, 7) is 0. The van der Waals surface area contributed by atoms with E-state index >= 15 is 0 Å². The number of nitrogens with two attached hydrogens (primary N) is 1. The van der Waals surface area contributed by atoms with Gasteiger partial charge in [-0.25, -0.2) is 0 Å². The first-order valence-electron chi connectivity index (χ1n) is 4.50. The second kappa shape index (κ2) is 5.02. The molecule has 4 N–H and O–H groups in total. The van der Waals surface area contributed by atoms with Crippen LogP contribution in [0.3, 0.4) is 0 Å². The number of carbonyl (C=O) groups is 2. The van der Waals surface area contributed by atoms with Gasteiger partial charge in [-0.3, -0.25) is 9.59 Å². The Balaban J connectivity index is 3.28. The topological polar surface area (TPSA) is 97.4 Å². The number of amides is 2. The van der Waals surface area contributed by atoms with E-state index in [4.69, 9.17) is 10.2 Å². The summed E-state index contributed by atoms with van der Waals surface area (Å²) in [6.07, 6.45) is -0.0610. The number of furan rings is 1. The quantitative estimate of drug-likeness (QED) is 0.751. The van der Waals surface area contributed by atoms with E-state index in [2.05, 4.69) is 26.6 Å². The van der Waals surface area contributed by atoms with Gasteiger partial charge >= 0.3 is 0 Å². The van der Waals surface area contributed by atoms with Gasteiger partial charge in [0.2, 0.25) is 11.8 Å². The van der Waals surface area contributed by atoms with E-state index in [9.17, 15) is 9.59 Å². The molecular formula is C9H12BrN3O3. The maximum Gasteiger partial charge on any atom is 0.256 e. The third-order valence-electron chi connectivity index (χ3n) is 1.99. The Hall–Kier alpha value is -1.50. The standard InChI is InChI=1S/C9H12BrN3O3/c1-12-8(15)6-4(3-5(11)14)7(10)16-9(6)13-2/h13H,3H2,1-2H3,(H2,11,14)(H,12,15). The summed E-state index contributed by atoms with van der Waals surface area (Å²) < 4.78 is 5.58. The van der Waals surface area contributed by atoms with E-state index in [1.165, 1.54) is 7.05 Å². The molecule has 7 heteroatoms. The summed E-state index contributed by atoms with van der Waals surface area (Å²) in [5.41, 5.74) is 5.83. The molecular weight excluding hydrogens is 278 g/mol. The van der Waals surface area contributed by atoms with Gasteiger partial charge < -0.3 is 20.8 Å². The molecule has 1 aromatic rings. The predicted molar refractivity (Wildman–Crippen MR) is 62.2 cm³/mol. The first kappa shape index (κ1) is 12.6. The Bertz CT molecular complexity index is 428. The second-order valence-corrected chi connectivity index (χ2v) is 3.75. The smallest absolute Gasteiger partial charge is 0.256 e. The monoisotopic (exact) mass is 289 g/mol. The fraction of sp³-hybridized carbons (Fsp3) is 0.333. The zero-order valence-electron chi connectivity index (χ0n) is 8.89. The molecule has 0 radical (unpaired) electrons. The van der Waals surface area contributed by atoms with Gasteiger partial charge in [0.1, 0.15) is 5.56 Å². The van der Waals surface area contributed by atoms with E-state index in [0.717, 1.165) is 0 Å². The van der Waals surface area contributed by atoms with Crippen LogP contribution in [0.15, 0.2) is 9.09 Å². The van der Waals surface area contributed by atoms with Gasteiger partial charge in [0.15, 0.2) is 4.67 Å². The molecule has 0 fully saturated rings. The molecule has 88 valence electrons. The molecule has 1 aromatic heterocycles. The summed E-state index contributed by atoms with van der Waals surface area (Å²) in [5, 5.41) is 5.21. The van der Waals surface area contributed by atoms with Crippen LogP contribution in [0.1, 0.15) is 15.9 Å². The molecule has 1 heterocycles. The molecule has 0 spiro atoms. The van der Waals surface area contributed by atoms with E-state index < -0.39 is 5.91 Å². The molecule has 0 saturated carbocycles. The van der Waals surface area contributed by atoms with Crippen molar-refractivity contribution in [3.8, 4) is 0 Å². The Labute approximate surface area is 101 Å². The maximum atomic E-state index is 11.6. The van der Waals surface area contributed by atoms with Crippen molar-refractivity contribution in [1.29, 1.82) is 0 Å². The fourth-order valence-electron chi connectivity index (χ4n) is 1.31. The van der Waals surface area contributed by atoms with Crippen molar-refractivity contribution >= 4 is 33.6 Å². The van der Waals surface area contributed by atoms with Gasteiger partial charge in [0, 0.05) is 19.7 Å². The molecule has 2 amide bonds. The number of hydrogen-bond donors (Lipinski definition) is 3. The zero-order chi connectivity index (χ0) is 12.3. The Kier molecular flexibility index (Phi) is 3.94. The average molecular weight is 290 g/mol. The summed E-state index contributed by atoms with van der Waals surface area (Å²) in [7, 11) is 3.11. The number of nitrogens with one attached hydrogen (secondary N) is 2. The first-order chi connectivity index (χ1) is 7.51. The normalized spacial score (nSPS) is 9.94. The minimum Gasteiger partial charge on any atom is -0.433 e. The van der Waals surface area contributed by atoms with Crippen molar-refractivity contribution in [2.24, 2.45) is 5.73 Å². The molecule has 0 aliphatic rings. The highest BCUT2D eigenvalue weighted by Crippen LogP contribution is 2.31. The fourth-order valence-corrected chi connectivity index (χ4v) is 1.81. The molecule has 0 bridgehead atoms. The van der Waals surface area contributed by atoms with Gasteiger partial charge in [-0.2, -0.15) is 0 Å². The van der Waals surface area contributed by atoms with E-state index in [1.54, 1.807) is 7.05 Å². The Morgan fingerprint density at radius 2 is 2.06 bits per heavy atom. The van der Waals surface area contributed by atoms with Crippen molar-refractivity contribution in [3.63, 3.8) is 0 Å². The number of hydrogen-bond acceptors (Lipinski definition) is 4. The highest BCUT2D eigenvalue weighted by atomic mass is 79.9. The highest BCUT2D eigenvalue weighted by molar-refractivity contribution is 9.10. The summed E-state index contributed by atoms with van der Waals surface area (Å²) in [4.78, 5) is 22.5. The lowest BCUT2D eigenvalue weighted by Crippen LogP contribution is -2.22. The first-order valence-corrected chi connectivity index (χ1v) is 5.29. The number of rotatable bonds is 4. The van der Waals surface area contributed by atoms with Crippen LogP contribution in [-0.2, 0) is 11.2 Å². The second-order valence-electron chi connectivity index (χ2n) is 3.03. The van der Waals surface area contributed by atoms with Crippen molar-refractivity contribution in [2.75, 3.05) is 19.4 Å². The lowest BCUT2D eigenvalue weighted by molar-refractivity contribution is -0.117. The van der Waals surface area contributed by atoms with Gasteiger partial charge in [-0.15, -0.1) is 0 Å². The van der Waals surface area contributed by atoms with Gasteiger partial charge in [-0.1, -0.05) is 0 Å². The lowest BCUT2D eigenvalue weighted by atomic mass is 10.1. The highest BCUT2D eigenvalue weighted by Gasteiger charge is 2.24. The predicted octanol–water partition coefficient (Wildman–Crippen LogP) is 0.471. The van der Waals surface area contributed by atoms with Crippen molar-refractivity contribution < 1.29 is 14.0 Å². The summed E-state index contributed by atoms with van der Waals surface area (Å²) in [5.74, 6) is -0.577. The Morgan fingerprint density at radius 1 is 1.44 bits per heavy atom. The molecule has 0 aromatic carbocycles. The molecule has 0 aliphatic carbocycles. The van der Waals surface area contributed by atoms with Crippen molar-refractivity contribution in [2.45, 2.75) is 6.42 Å². The number of halogens is 1. The van der Waals surface area contributed by atoms with E-state index in [-0.39, 0.29) is 17.9 Å². The number of primary amides is 1. The molecule has 6 nitrogen and oxygen atoms in total. The lowest BCUT2D eigenvalue weighted by Gasteiger charge is -2.02. The summed E-state index contributed by atoms with van der Waals surface area (Å²) >= 11 is 3.14. The molecule has 0 aliphatic heterocycles. The zero-order valence-corrected chi connectivity index (χ0v) is 10.5. The molecule has 0 unspecified atom stereocenters. The van der Waals surface area contributed by atoms with Crippen LogP contribution in [0, 0.1) is 0 Å². The van der Waals surface area contributed by atoms with Crippen molar-refractivity contribution in [1.82, 2.24) is 5.32 Å². The van der Waals surface area contributed by atoms with Crippen LogP contribution < -0.4 is 16.4 Å². The minimum atomic E-state index is -0.533. The van der Waals surface area contributed by atoms with Crippen LogP contribution in [-0.4, -0.2) is 25.9 Å².